The minimum Gasteiger partial charge on any atom is -0.352 e. The highest BCUT2D eigenvalue weighted by Crippen LogP contribution is 2.31. The third kappa shape index (κ3) is 4.03. The van der Waals surface area contributed by atoms with Crippen molar-refractivity contribution in [2.45, 2.75) is 19.9 Å². The first-order chi connectivity index (χ1) is 15.2. The predicted octanol–water partition coefficient (Wildman–Crippen LogP) is 3.46. The first kappa shape index (κ1) is 19.7. The summed E-state index contributed by atoms with van der Waals surface area (Å²) >= 11 is 1.73. The summed E-state index contributed by atoms with van der Waals surface area (Å²) in [7, 11) is 0. The molecule has 1 aliphatic rings. The Bertz CT molecular complexity index is 1190. The highest BCUT2D eigenvalue weighted by molar-refractivity contribution is 7.18. The van der Waals surface area contributed by atoms with Crippen molar-refractivity contribution in [1.29, 1.82) is 0 Å². The smallest absolute Gasteiger partial charge is 0.274 e. The number of anilines is 1. The number of hydrogen-bond donors (Lipinski definition) is 0. The predicted molar refractivity (Wildman–Crippen MR) is 123 cm³/mol. The number of carbonyl (C=O) groups excluding carboxylic acids is 1. The van der Waals surface area contributed by atoms with Gasteiger partial charge >= 0.3 is 0 Å². The van der Waals surface area contributed by atoms with Crippen LogP contribution in [-0.2, 0) is 13.0 Å². The number of rotatable bonds is 5. The van der Waals surface area contributed by atoms with Crippen molar-refractivity contribution in [2.24, 2.45) is 0 Å². The zero-order valence-corrected chi connectivity index (χ0v) is 18.3. The molecule has 0 atom stereocenters. The third-order valence-electron chi connectivity index (χ3n) is 5.63. The van der Waals surface area contributed by atoms with Crippen LogP contribution in [0.4, 0.5) is 5.82 Å². The molecule has 0 bridgehead atoms. The van der Waals surface area contributed by atoms with Gasteiger partial charge in [0, 0.05) is 43.8 Å². The van der Waals surface area contributed by atoms with Crippen molar-refractivity contribution in [1.82, 2.24) is 24.4 Å². The van der Waals surface area contributed by atoms with Gasteiger partial charge in [0.1, 0.15) is 22.7 Å². The molecule has 4 aromatic rings. The van der Waals surface area contributed by atoms with Crippen LogP contribution in [0, 0.1) is 0 Å². The number of thiophene rings is 1. The molecule has 0 saturated carbocycles. The number of aromatic nitrogens is 4. The quantitative estimate of drug-likeness (QED) is 0.483. The Balaban J connectivity index is 1.25. The maximum absolute atomic E-state index is 13.0. The fraction of sp³-hybridized carbons (Fsp3) is 0.304. The lowest BCUT2D eigenvalue weighted by molar-refractivity contribution is 0.0741. The molecule has 31 heavy (non-hydrogen) atoms. The van der Waals surface area contributed by atoms with E-state index in [-0.39, 0.29) is 5.91 Å². The van der Waals surface area contributed by atoms with E-state index in [0.717, 1.165) is 35.5 Å². The summed E-state index contributed by atoms with van der Waals surface area (Å²) in [6.45, 7) is 5.67. The van der Waals surface area contributed by atoms with E-state index < -0.39 is 0 Å². The van der Waals surface area contributed by atoms with Crippen LogP contribution in [-0.4, -0.2) is 56.5 Å². The van der Waals surface area contributed by atoms with Crippen LogP contribution in [0.25, 0.3) is 10.2 Å². The number of hydrogen-bond acceptors (Lipinski definition) is 6. The van der Waals surface area contributed by atoms with E-state index in [4.69, 9.17) is 0 Å². The van der Waals surface area contributed by atoms with Crippen LogP contribution in [0.5, 0.6) is 0 Å². The lowest BCUT2D eigenvalue weighted by Crippen LogP contribution is -2.49. The van der Waals surface area contributed by atoms with Gasteiger partial charge in [-0.2, -0.15) is 0 Å². The standard InChI is InChI=1S/C23H24N6OS/c1-2-18-12-19-21(24-15-25-22(19)31-18)28-8-10-29(11-9-28)23(30)20-14-27(16-26-20)13-17-6-4-3-5-7-17/h3-7,12,14-16H,2,8-11,13H2,1H3. The number of nitrogens with zero attached hydrogens (tertiary/aromatic N) is 6. The molecule has 0 radical (unpaired) electrons. The number of fused-ring (bicyclic) bond motifs is 1. The van der Waals surface area contributed by atoms with Crippen LogP contribution in [0.2, 0.25) is 0 Å². The number of aryl methyl sites for hydroxylation is 1. The van der Waals surface area contributed by atoms with Gasteiger partial charge in [-0.25, -0.2) is 15.0 Å². The summed E-state index contributed by atoms with van der Waals surface area (Å²) in [5, 5.41) is 1.11. The normalized spacial score (nSPS) is 14.4. The minimum absolute atomic E-state index is 0.0110. The molecule has 0 aliphatic carbocycles. The second kappa shape index (κ2) is 8.47. The van der Waals surface area contributed by atoms with Crippen molar-refractivity contribution in [3.8, 4) is 0 Å². The van der Waals surface area contributed by atoms with Gasteiger partial charge < -0.3 is 14.4 Å². The van der Waals surface area contributed by atoms with Gasteiger partial charge in [-0.1, -0.05) is 37.3 Å². The summed E-state index contributed by atoms with van der Waals surface area (Å²) in [6.07, 6.45) is 6.22. The van der Waals surface area contributed by atoms with Gasteiger partial charge in [0.25, 0.3) is 5.91 Å². The summed E-state index contributed by atoms with van der Waals surface area (Å²) in [5.74, 6) is 0.961. The van der Waals surface area contributed by atoms with Crippen molar-refractivity contribution < 1.29 is 4.79 Å². The van der Waals surface area contributed by atoms with E-state index in [1.807, 2.05) is 33.9 Å². The molecule has 7 nitrogen and oxygen atoms in total. The lowest BCUT2D eigenvalue weighted by atomic mass is 10.2. The van der Waals surface area contributed by atoms with Crippen molar-refractivity contribution >= 4 is 33.3 Å². The number of imidazole rings is 1. The average molecular weight is 433 g/mol. The van der Waals surface area contributed by atoms with Gasteiger partial charge in [-0.05, 0) is 18.1 Å². The van der Waals surface area contributed by atoms with Crippen LogP contribution < -0.4 is 4.90 Å². The Hall–Kier alpha value is -3.26. The topological polar surface area (TPSA) is 67.2 Å². The summed E-state index contributed by atoms with van der Waals surface area (Å²) < 4.78 is 1.96. The highest BCUT2D eigenvalue weighted by atomic mass is 32.1. The van der Waals surface area contributed by atoms with Gasteiger partial charge in [-0.15, -0.1) is 11.3 Å². The van der Waals surface area contributed by atoms with Crippen LogP contribution in [0.15, 0.2) is 55.2 Å². The third-order valence-corrected chi connectivity index (χ3v) is 6.82. The van der Waals surface area contributed by atoms with Crippen molar-refractivity contribution in [2.75, 3.05) is 31.1 Å². The first-order valence-corrected chi connectivity index (χ1v) is 11.4. The molecule has 1 aromatic carbocycles. The Labute approximate surface area is 185 Å². The summed E-state index contributed by atoms with van der Waals surface area (Å²) in [6, 6.07) is 12.4. The number of amides is 1. The molecule has 1 saturated heterocycles. The maximum Gasteiger partial charge on any atom is 0.274 e. The Kier molecular flexibility index (Phi) is 5.38. The summed E-state index contributed by atoms with van der Waals surface area (Å²) in [4.78, 5) is 32.8. The monoisotopic (exact) mass is 432 g/mol. The van der Waals surface area contributed by atoms with Gasteiger partial charge in [-0.3, -0.25) is 4.79 Å². The van der Waals surface area contributed by atoms with E-state index in [1.54, 1.807) is 24.0 Å². The van der Waals surface area contributed by atoms with Crippen LogP contribution in [0.3, 0.4) is 0 Å². The van der Waals surface area contributed by atoms with Gasteiger partial charge in [0.15, 0.2) is 0 Å². The molecule has 0 spiro atoms. The molecule has 8 heteroatoms. The van der Waals surface area contributed by atoms with E-state index in [2.05, 4.69) is 45.0 Å². The van der Waals surface area contributed by atoms with E-state index >= 15 is 0 Å². The van der Waals surface area contributed by atoms with Crippen LogP contribution >= 0.6 is 11.3 Å². The molecular formula is C23H24N6OS. The molecule has 3 aromatic heterocycles. The molecule has 4 heterocycles. The van der Waals surface area contributed by atoms with E-state index in [1.165, 1.54) is 10.4 Å². The van der Waals surface area contributed by atoms with Crippen molar-refractivity contribution in [3.63, 3.8) is 0 Å². The largest absolute Gasteiger partial charge is 0.352 e. The molecule has 1 fully saturated rings. The van der Waals surface area contributed by atoms with Gasteiger partial charge in [0.05, 0.1) is 11.7 Å². The van der Waals surface area contributed by atoms with E-state index in [0.29, 0.717) is 25.3 Å². The van der Waals surface area contributed by atoms with Crippen LogP contribution in [0.1, 0.15) is 27.9 Å². The molecule has 0 N–H and O–H groups in total. The molecule has 1 amide bonds. The molecule has 0 unspecified atom stereocenters. The zero-order valence-electron chi connectivity index (χ0n) is 17.4. The SMILES string of the molecule is CCc1cc2c(N3CCN(C(=O)c4cn(Cc5ccccc5)cn4)CC3)ncnc2s1. The lowest BCUT2D eigenvalue weighted by Gasteiger charge is -2.35. The Morgan fingerprint density at radius 3 is 2.65 bits per heavy atom. The highest BCUT2D eigenvalue weighted by Gasteiger charge is 2.25. The van der Waals surface area contributed by atoms with Crippen molar-refractivity contribution in [3.05, 3.63) is 71.4 Å². The van der Waals surface area contributed by atoms with E-state index in [9.17, 15) is 4.79 Å². The molecule has 5 rings (SSSR count). The average Bonchev–Trinajstić information content (AvgIpc) is 3.46. The Morgan fingerprint density at radius 1 is 1.06 bits per heavy atom. The molecule has 158 valence electrons. The number of benzene rings is 1. The Morgan fingerprint density at radius 2 is 1.87 bits per heavy atom. The first-order valence-electron chi connectivity index (χ1n) is 10.5. The molecule has 1 aliphatic heterocycles. The number of piperazine rings is 1. The fourth-order valence-electron chi connectivity index (χ4n) is 3.95. The maximum atomic E-state index is 13.0. The number of carbonyl (C=O) groups is 1. The van der Waals surface area contributed by atoms with Gasteiger partial charge in [0.2, 0.25) is 0 Å². The second-order valence-electron chi connectivity index (χ2n) is 7.68. The molecular weight excluding hydrogens is 408 g/mol. The minimum atomic E-state index is -0.0110. The zero-order chi connectivity index (χ0) is 21.2. The summed E-state index contributed by atoms with van der Waals surface area (Å²) in [5.41, 5.74) is 1.68. The fourth-order valence-corrected chi connectivity index (χ4v) is 4.88. The second-order valence-corrected chi connectivity index (χ2v) is 8.79.